The Balaban J connectivity index is 1.01. The smallest absolute Gasteiger partial charge is 0.125 e. The average Bonchev–Trinajstić information content (AvgIpc) is 3.98. The van der Waals surface area contributed by atoms with Gasteiger partial charge in [0, 0.05) is 47.0 Å². The molecule has 0 spiro atoms. The summed E-state index contributed by atoms with van der Waals surface area (Å²) in [6, 6.07) is 48.2. The van der Waals surface area contributed by atoms with Gasteiger partial charge in [-0.15, -0.1) is 11.5 Å². The maximum atomic E-state index is 6.68. The first-order chi connectivity index (χ1) is 39.9. The van der Waals surface area contributed by atoms with E-state index in [4.69, 9.17) is 63.3 Å². The number of terminal acetylenes is 1. The molecule has 15 heteroatoms. The first-order valence-electron chi connectivity index (χ1n) is 26.3. The highest BCUT2D eigenvalue weighted by atomic mass is 16.5. The van der Waals surface area contributed by atoms with E-state index in [2.05, 4.69) is 22.3 Å². The molecule has 1 aromatic heterocycles. The van der Waals surface area contributed by atoms with E-state index >= 15 is 0 Å². The van der Waals surface area contributed by atoms with Crippen LogP contribution >= 0.6 is 0 Å². The minimum absolute atomic E-state index is 0.143. The van der Waals surface area contributed by atoms with Gasteiger partial charge in [0.2, 0.25) is 0 Å². The van der Waals surface area contributed by atoms with Crippen LogP contribution in [0.1, 0.15) is 55.6 Å². The van der Waals surface area contributed by atoms with E-state index < -0.39 is 0 Å². The van der Waals surface area contributed by atoms with Crippen molar-refractivity contribution in [3.63, 3.8) is 0 Å². The zero-order valence-electron chi connectivity index (χ0n) is 47.3. The number of hydrogen-bond donors (Lipinski definition) is 0. The lowest BCUT2D eigenvalue weighted by Crippen LogP contribution is -2.05. The molecule has 82 heavy (non-hydrogen) atoms. The minimum atomic E-state index is 0.143. The average molecular weight is 1100 g/mol. The predicted octanol–water partition coefficient (Wildman–Crippen LogP) is 13.1. The highest BCUT2D eigenvalue weighted by Crippen LogP contribution is 2.33. The normalized spacial score (nSPS) is 10.8. The van der Waals surface area contributed by atoms with Crippen molar-refractivity contribution in [3.05, 3.63) is 213 Å². The van der Waals surface area contributed by atoms with E-state index in [-0.39, 0.29) is 33.0 Å². The summed E-state index contributed by atoms with van der Waals surface area (Å²) in [4.78, 5) is 0. The number of nitrogens with zero attached hydrogens (tertiary/aromatic N) is 3. The van der Waals surface area contributed by atoms with Crippen LogP contribution in [0.4, 0.5) is 0 Å². The summed E-state index contributed by atoms with van der Waals surface area (Å²) in [7, 11) is 9.77. The van der Waals surface area contributed by atoms with Gasteiger partial charge in [0.05, 0.1) is 55.4 Å². The Morgan fingerprint density at radius 1 is 0.378 bits per heavy atom. The molecule has 0 amide bonds. The van der Waals surface area contributed by atoms with Crippen LogP contribution < -0.4 is 56.8 Å². The molecular formula is C67H65N3O12. The molecule has 0 unspecified atom stereocenters. The van der Waals surface area contributed by atoms with Gasteiger partial charge in [-0.05, 0) is 149 Å². The maximum absolute atomic E-state index is 6.68. The summed E-state index contributed by atoms with van der Waals surface area (Å²) in [5.41, 5.74) is 10.5. The molecule has 0 aliphatic rings. The molecule has 0 saturated heterocycles. The van der Waals surface area contributed by atoms with Crippen LogP contribution in [0.3, 0.4) is 0 Å². The quantitative estimate of drug-likeness (QED) is 0.0451. The maximum Gasteiger partial charge on any atom is 0.125 e. The van der Waals surface area contributed by atoms with Crippen LogP contribution in [0.5, 0.6) is 69.0 Å². The number of hydrogen-bond acceptors (Lipinski definition) is 14. The Morgan fingerprint density at radius 3 is 1.17 bits per heavy atom. The standard InChI is InChI=1S/C67H65N3O12/c1-10-46-12-15-53(16-13-46)66-37-70(69-68-66)36-47-20-60(78-41-51-27-62(77-38-48-17-45(3)18-55(22-48)71-4)34-63(28-51)80-39-49-23-56(72-5)31-57(24-49)73-6)33-61(21-47)79-42-52-29-64(81-40-50-25-58(74-7)32-59(26-50)75-8)35-65(30-52)82-43-54-14-11-44(2)19-67(54)76-9/h1,11-35,37H,36,38-43H2,2-9H3. The highest BCUT2D eigenvalue weighted by molar-refractivity contribution is 5.59. The molecule has 0 aliphatic heterocycles. The Kier molecular flexibility index (Phi) is 18.9. The van der Waals surface area contributed by atoms with Gasteiger partial charge in [0.25, 0.3) is 0 Å². The molecule has 0 aliphatic carbocycles. The number of aryl methyl sites for hydroxylation is 2. The molecule has 9 rings (SSSR count). The van der Waals surface area contributed by atoms with Crippen molar-refractivity contribution in [1.29, 1.82) is 0 Å². The van der Waals surface area contributed by atoms with Gasteiger partial charge in [0.1, 0.15) is 114 Å². The Bertz CT molecular complexity index is 3620. The van der Waals surface area contributed by atoms with Crippen LogP contribution in [0.2, 0.25) is 0 Å². The number of ether oxygens (including phenoxy) is 12. The molecule has 0 atom stereocenters. The van der Waals surface area contributed by atoms with Crippen molar-refractivity contribution in [1.82, 2.24) is 15.0 Å². The van der Waals surface area contributed by atoms with Gasteiger partial charge in [-0.1, -0.05) is 41.5 Å². The van der Waals surface area contributed by atoms with E-state index in [0.717, 1.165) is 72.7 Å². The first-order valence-corrected chi connectivity index (χ1v) is 26.3. The molecule has 0 N–H and O–H groups in total. The van der Waals surface area contributed by atoms with E-state index in [9.17, 15) is 0 Å². The van der Waals surface area contributed by atoms with Crippen molar-refractivity contribution in [2.45, 2.75) is 60.0 Å². The molecule has 8 aromatic carbocycles. The summed E-state index contributed by atoms with van der Waals surface area (Å²) in [5.74, 6) is 10.2. The topological polar surface area (TPSA) is 141 Å². The van der Waals surface area contributed by atoms with Crippen LogP contribution in [-0.4, -0.2) is 57.7 Å². The fraction of sp³-hybridized carbons (Fsp3) is 0.224. The van der Waals surface area contributed by atoms with Crippen molar-refractivity contribution in [3.8, 4) is 92.6 Å². The summed E-state index contributed by atoms with van der Waals surface area (Å²) in [6.07, 6.45) is 7.52. The van der Waals surface area contributed by atoms with Crippen LogP contribution in [0.25, 0.3) is 11.3 Å². The van der Waals surface area contributed by atoms with Gasteiger partial charge in [0.15, 0.2) is 0 Å². The van der Waals surface area contributed by atoms with Crippen molar-refractivity contribution in [2.24, 2.45) is 0 Å². The summed E-state index contributed by atoms with van der Waals surface area (Å²) in [6.45, 7) is 5.69. The third-order valence-corrected chi connectivity index (χ3v) is 13.1. The molecule has 1 heterocycles. The zero-order valence-corrected chi connectivity index (χ0v) is 47.3. The number of benzene rings is 8. The summed E-state index contributed by atoms with van der Waals surface area (Å²) in [5, 5.41) is 8.97. The second-order valence-corrected chi connectivity index (χ2v) is 19.3. The third-order valence-electron chi connectivity index (χ3n) is 13.1. The number of methoxy groups -OCH3 is 6. The largest absolute Gasteiger partial charge is 0.497 e. The van der Waals surface area contributed by atoms with E-state index in [1.54, 1.807) is 47.3 Å². The molecule has 0 fully saturated rings. The van der Waals surface area contributed by atoms with Crippen LogP contribution in [0, 0.1) is 26.2 Å². The predicted molar refractivity (Wildman–Crippen MR) is 312 cm³/mol. The minimum Gasteiger partial charge on any atom is -0.497 e. The SMILES string of the molecule is C#Cc1ccc(-c2cn(Cc3cc(OCc4cc(OCc5cc(C)cc(OC)c5)cc(OCc5cc(OC)cc(OC)c5)c4)cc(OCc4cc(OCc5cc(OC)cc(OC)c5)cc(OCc5ccc(C)cc5OC)c4)c3)nn2)cc1. The van der Waals surface area contributed by atoms with Crippen LogP contribution in [0.15, 0.2) is 158 Å². The Morgan fingerprint density at radius 2 is 0.756 bits per heavy atom. The van der Waals surface area contributed by atoms with E-state index in [1.165, 1.54) is 0 Å². The van der Waals surface area contributed by atoms with Gasteiger partial charge < -0.3 is 56.8 Å². The van der Waals surface area contributed by atoms with Gasteiger partial charge in [-0.3, -0.25) is 0 Å². The lowest BCUT2D eigenvalue weighted by Gasteiger charge is -2.16. The molecule has 9 aromatic rings. The monoisotopic (exact) mass is 1100 g/mol. The Hall–Kier alpha value is -9.94. The fourth-order valence-corrected chi connectivity index (χ4v) is 8.97. The second-order valence-electron chi connectivity index (χ2n) is 19.3. The molecule has 0 radical (unpaired) electrons. The first kappa shape index (κ1) is 56.8. The van der Waals surface area contributed by atoms with Gasteiger partial charge in [-0.25, -0.2) is 4.68 Å². The molecule has 420 valence electrons. The lowest BCUT2D eigenvalue weighted by molar-refractivity contribution is 0.274. The molecule has 0 bridgehead atoms. The number of rotatable bonds is 27. The van der Waals surface area contributed by atoms with Gasteiger partial charge >= 0.3 is 0 Å². The fourth-order valence-electron chi connectivity index (χ4n) is 8.97. The van der Waals surface area contributed by atoms with Crippen molar-refractivity contribution < 1.29 is 56.8 Å². The van der Waals surface area contributed by atoms with Crippen LogP contribution in [-0.2, 0) is 46.2 Å². The molecule has 0 saturated carbocycles. The lowest BCUT2D eigenvalue weighted by atomic mass is 10.1. The van der Waals surface area contributed by atoms with Gasteiger partial charge in [-0.2, -0.15) is 0 Å². The Labute approximate surface area is 478 Å². The molecule has 15 nitrogen and oxygen atoms in total. The number of aromatic nitrogens is 3. The zero-order chi connectivity index (χ0) is 57.4. The highest BCUT2D eigenvalue weighted by Gasteiger charge is 2.15. The molecular weight excluding hydrogens is 1040 g/mol. The summed E-state index contributed by atoms with van der Waals surface area (Å²) >= 11 is 0. The summed E-state index contributed by atoms with van der Waals surface area (Å²) < 4.78 is 74.2. The van der Waals surface area contributed by atoms with E-state index in [0.29, 0.717) is 76.3 Å². The third kappa shape index (κ3) is 15.7. The van der Waals surface area contributed by atoms with Crippen molar-refractivity contribution >= 4 is 0 Å². The van der Waals surface area contributed by atoms with E-state index in [1.807, 2.05) is 166 Å². The van der Waals surface area contributed by atoms with Crippen molar-refractivity contribution in [2.75, 3.05) is 42.7 Å². The second kappa shape index (κ2) is 27.3.